The molecule has 3 nitrogen and oxygen atoms in total. The van der Waals surface area contributed by atoms with Crippen LogP contribution in [0.15, 0.2) is 0 Å². The second-order valence-electron chi connectivity index (χ2n) is 5.54. The highest BCUT2D eigenvalue weighted by molar-refractivity contribution is 4.83. The van der Waals surface area contributed by atoms with Gasteiger partial charge in [-0.25, -0.2) is 0 Å². The van der Waals surface area contributed by atoms with Gasteiger partial charge in [0, 0.05) is 38.8 Å². The first-order valence-corrected chi connectivity index (χ1v) is 6.88. The fourth-order valence-electron chi connectivity index (χ4n) is 3.14. The normalized spacial score (nSPS) is 27.4. The summed E-state index contributed by atoms with van der Waals surface area (Å²) in [6, 6.07) is 0.728. The summed E-state index contributed by atoms with van der Waals surface area (Å²) >= 11 is 0. The first-order chi connectivity index (χ1) is 7.79. The van der Waals surface area contributed by atoms with E-state index in [1.165, 1.54) is 58.4 Å². The minimum absolute atomic E-state index is 0.728. The molecular formula is C13H27N3. The van der Waals surface area contributed by atoms with Crippen LogP contribution in [0, 0.1) is 5.92 Å². The molecule has 16 heavy (non-hydrogen) atoms. The zero-order valence-corrected chi connectivity index (χ0v) is 10.9. The van der Waals surface area contributed by atoms with E-state index >= 15 is 0 Å². The lowest BCUT2D eigenvalue weighted by molar-refractivity contribution is 0.132. The number of likely N-dealkylation sites (N-methyl/N-ethyl adjacent to an activating group) is 2. The second kappa shape index (κ2) is 5.99. The van der Waals surface area contributed by atoms with Gasteiger partial charge in [-0.3, -0.25) is 4.90 Å². The summed E-state index contributed by atoms with van der Waals surface area (Å²) in [5.41, 5.74) is 0. The van der Waals surface area contributed by atoms with E-state index in [0.717, 1.165) is 12.0 Å². The van der Waals surface area contributed by atoms with Crippen molar-refractivity contribution in [2.75, 3.05) is 46.8 Å². The van der Waals surface area contributed by atoms with Crippen LogP contribution in [-0.2, 0) is 0 Å². The first-order valence-electron chi connectivity index (χ1n) is 6.88. The van der Waals surface area contributed by atoms with E-state index in [4.69, 9.17) is 0 Å². The van der Waals surface area contributed by atoms with Crippen molar-refractivity contribution in [3.63, 3.8) is 0 Å². The molecule has 1 heterocycles. The van der Waals surface area contributed by atoms with Gasteiger partial charge < -0.3 is 10.2 Å². The minimum Gasteiger partial charge on any atom is -0.315 e. The molecule has 1 aliphatic heterocycles. The Morgan fingerprint density at radius 1 is 1.12 bits per heavy atom. The van der Waals surface area contributed by atoms with Crippen molar-refractivity contribution >= 4 is 0 Å². The number of hydrogen-bond acceptors (Lipinski definition) is 3. The Bertz CT molecular complexity index is 193. The van der Waals surface area contributed by atoms with Crippen LogP contribution >= 0.6 is 0 Å². The van der Waals surface area contributed by atoms with Gasteiger partial charge in [0.05, 0.1) is 0 Å². The molecule has 0 aromatic heterocycles. The minimum atomic E-state index is 0.728. The third-order valence-electron chi connectivity index (χ3n) is 4.39. The number of piperazine rings is 1. The van der Waals surface area contributed by atoms with Gasteiger partial charge in [-0.15, -0.1) is 0 Å². The molecule has 0 aromatic rings. The van der Waals surface area contributed by atoms with Crippen LogP contribution in [0.2, 0.25) is 0 Å². The predicted molar refractivity (Wildman–Crippen MR) is 68.7 cm³/mol. The quantitative estimate of drug-likeness (QED) is 0.770. The Labute approximate surface area is 100 Å². The second-order valence-corrected chi connectivity index (χ2v) is 5.54. The first kappa shape index (κ1) is 12.3. The summed E-state index contributed by atoms with van der Waals surface area (Å²) in [6.45, 7) is 6.24. The summed E-state index contributed by atoms with van der Waals surface area (Å²) in [5, 5.41) is 3.55. The highest BCUT2D eigenvalue weighted by atomic mass is 15.3. The molecule has 0 spiro atoms. The molecule has 0 radical (unpaired) electrons. The average Bonchev–Trinajstić information content (AvgIpc) is 2.82. The molecule has 0 bridgehead atoms. The molecule has 3 heteroatoms. The van der Waals surface area contributed by atoms with Gasteiger partial charge in [0.2, 0.25) is 0 Å². The van der Waals surface area contributed by atoms with E-state index in [1.54, 1.807) is 0 Å². The van der Waals surface area contributed by atoms with Gasteiger partial charge in [0.1, 0.15) is 0 Å². The van der Waals surface area contributed by atoms with E-state index in [1.807, 2.05) is 0 Å². The summed E-state index contributed by atoms with van der Waals surface area (Å²) in [6.07, 6.45) is 5.79. The Morgan fingerprint density at radius 2 is 1.75 bits per heavy atom. The summed E-state index contributed by atoms with van der Waals surface area (Å²) in [5.74, 6) is 0.935. The highest BCUT2D eigenvalue weighted by Crippen LogP contribution is 2.28. The van der Waals surface area contributed by atoms with Crippen molar-refractivity contribution in [2.24, 2.45) is 5.92 Å². The Kier molecular flexibility index (Phi) is 4.62. The molecule has 2 aliphatic rings. The molecule has 94 valence electrons. The summed E-state index contributed by atoms with van der Waals surface area (Å²) < 4.78 is 0. The molecule has 0 amide bonds. The van der Waals surface area contributed by atoms with Crippen LogP contribution in [0.25, 0.3) is 0 Å². The topological polar surface area (TPSA) is 18.5 Å². The van der Waals surface area contributed by atoms with Gasteiger partial charge in [-0.1, -0.05) is 12.8 Å². The molecule has 1 aliphatic carbocycles. The molecule has 1 N–H and O–H groups in total. The lowest BCUT2D eigenvalue weighted by atomic mass is 9.97. The molecule has 1 unspecified atom stereocenters. The van der Waals surface area contributed by atoms with Crippen molar-refractivity contribution in [1.82, 2.24) is 15.1 Å². The van der Waals surface area contributed by atoms with Gasteiger partial charge in [0.15, 0.2) is 0 Å². The lowest BCUT2D eigenvalue weighted by Gasteiger charge is -2.36. The van der Waals surface area contributed by atoms with E-state index in [2.05, 4.69) is 29.2 Å². The van der Waals surface area contributed by atoms with E-state index in [9.17, 15) is 0 Å². The fraction of sp³-hybridized carbons (Fsp3) is 1.00. The highest BCUT2D eigenvalue weighted by Gasteiger charge is 2.26. The number of rotatable bonds is 4. The third kappa shape index (κ3) is 3.19. The summed E-state index contributed by atoms with van der Waals surface area (Å²) in [7, 11) is 4.36. The standard InChI is InChI=1S/C13H27N3/c1-14-13(12-5-3-4-6-12)11-16-9-7-15(2)8-10-16/h12-14H,3-11H2,1-2H3. The molecule has 1 saturated heterocycles. The van der Waals surface area contributed by atoms with E-state index < -0.39 is 0 Å². The Morgan fingerprint density at radius 3 is 2.31 bits per heavy atom. The molecule has 1 saturated carbocycles. The molecular weight excluding hydrogens is 198 g/mol. The monoisotopic (exact) mass is 225 g/mol. The summed E-state index contributed by atoms with van der Waals surface area (Å²) in [4.78, 5) is 5.07. The van der Waals surface area contributed by atoms with Crippen LogP contribution in [0.1, 0.15) is 25.7 Å². The maximum absolute atomic E-state index is 3.55. The average molecular weight is 225 g/mol. The SMILES string of the molecule is CNC(CN1CCN(C)CC1)C1CCCC1. The number of nitrogens with one attached hydrogen (secondary N) is 1. The third-order valence-corrected chi connectivity index (χ3v) is 4.39. The van der Waals surface area contributed by atoms with E-state index in [-0.39, 0.29) is 0 Å². The molecule has 1 atom stereocenters. The van der Waals surface area contributed by atoms with Gasteiger partial charge >= 0.3 is 0 Å². The maximum atomic E-state index is 3.55. The zero-order chi connectivity index (χ0) is 11.4. The molecule has 2 rings (SSSR count). The van der Waals surface area contributed by atoms with Crippen LogP contribution in [0.4, 0.5) is 0 Å². The van der Waals surface area contributed by atoms with Crippen molar-refractivity contribution in [1.29, 1.82) is 0 Å². The number of hydrogen-bond donors (Lipinski definition) is 1. The van der Waals surface area contributed by atoms with Crippen molar-refractivity contribution in [3.8, 4) is 0 Å². The molecule has 2 fully saturated rings. The van der Waals surface area contributed by atoms with Crippen LogP contribution in [-0.4, -0.2) is 62.7 Å². The maximum Gasteiger partial charge on any atom is 0.0220 e. The van der Waals surface area contributed by atoms with Crippen molar-refractivity contribution < 1.29 is 0 Å². The molecule has 0 aromatic carbocycles. The van der Waals surface area contributed by atoms with Crippen LogP contribution < -0.4 is 5.32 Å². The predicted octanol–water partition coefficient (Wildman–Crippen LogP) is 1.01. The fourth-order valence-corrected chi connectivity index (χ4v) is 3.14. The Balaban J connectivity index is 1.77. The van der Waals surface area contributed by atoms with E-state index in [0.29, 0.717) is 0 Å². The van der Waals surface area contributed by atoms with Gasteiger partial charge in [-0.2, -0.15) is 0 Å². The largest absolute Gasteiger partial charge is 0.315 e. The Hall–Kier alpha value is -0.120. The van der Waals surface area contributed by atoms with Crippen molar-refractivity contribution in [2.45, 2.75) is 31.7 Å². The van der Waals surface area contributed by atoms with Crippen LogP contribution in [0.3, 0.4) is 0 Å². The van der Waals surface area contributed by atoms with Gasteiger partial charge in [-0.05, 0) is 32.9 Å². The van der Waals surface area contributed by atoms with Gasteiger partial charge in [0.25, 0.3) is 0 Å². The zero-order valence-electron chi connectivity index (χ0n) is 10.9. The smallest absolute Gasteiger partial charge is 0.0220 e. The van der Waals surface area contributed by atoms with Crippen LogP contribution in [0.5, 0.6) is 0 Å². The lowest BCUT2D eigenvalue weighted by Crippen LogP contribution is -2.50. The number of nitrogens with zero attached hydrogens (tertiary/aromatic N) is 2. The van der Waals surface area contributed by atoms with Crippen molar-refractivity contribution in [3.05, 3.63) is 0 Å².